The predicted octanol–water partition coefficient (Wildman–Crippen LogP) is 1.44. The standard InChI is InChI=1S/C15H19NO4/c1-7-4-9-12(11(17)6-16-3)14-10(5-8(2)19-14)13(18)15(9)20-7/h7-8,16,18H,4-6H2,1-3H3. The van der Waals surface area contributed by atoms with Crippen LogP contribution < -0.4 is 14.8 Å². The van der Waals surface area contributed by atoms with Gasteiger partial charge < -0.3 is 19.9 Å². The average Bonchev–Trinajstić information content (AvgIpc) is 2.93. The van der Waals surface area contributed by atoms with Crippen LogP contribution in [0.15, 0.2) is 0 Å². The molecule has 20 heavy (non-hydrogen) atoms. The van der Waals surface area contributed by atoms with Crippen LogP contribution in [0.2, 0.25) is 0 Å². The molecule has 2 heterocycles. The molecule has 108 valence electrons. The third kappa shape index (κ3) is 1.85. The van der Waals surface area contributed by atoms with Gasteiger partial charge in [0, 0.05) is 24.0 Å². The van der Waals surface area contributed by atoms with Crippen LogP contribution in [0.4, 0.5) is 0 Å². The van der Waals surface area contributed by atoms with Crippen LogP contribution in [-0.4, -0.2) is 36.7 Å². The van der Waals surface area contributed by atoms with E-state index < -0.39 is 0 Å². The van der Waals surface area contributed by atoms with Crippen LogP contribution in [0.25, 0.3) is 0 Å². The van der Waals surface area contributed by atoms with Crippen LogP contribution in [0.3, 0.4) is 0 Å². The molecule has 0 aliphatic carbocycles. The van der Waals surface area contributed by atoms with Crippen molar-refractivity contribution >= 4 is 5.78 Å². The number of Topliss-reactive ketones (excluding diaryl/α,β-unsaturated/α-hetero) is 1. The van der Waals surface area contributed by atoms with Gasteiger partial charge in [-0.3, -0.25) is 4.79 Å². The quantitative estimate of drug-likeness (QED) is 0.818. The van der Waals surface area contributed by atoms with Crippen molar-refractivity contribution in [1.82, 2.24) is 5.32 Å². The largest absolute Gasteiger partial charge is 0.504 e. The number of benzene rings is 1. The van der Waals surface area contributed by atoms with Crippen LogP contribution in [0.1, 0.15) is 35.3 Å². The van der Waals surface area contributed by atoms with Gasteiger partial charge in [-0.25, -0.2) is 0 Å². The minimum atomic E-state index is -0.0306. The molecule has 0 bridgehead atoms. The van der Waals surface area contributed by atoms with E-state index in [-0.39, 0.29) is 30.3 Å². The van der Waals surface area contributed by atoms with Crippen LogP contribution in [-0.2, 0) is 12.8 Å². The van der Waals surface area contributed by atoms with E-state index in [4.69, 9.17) is 9.47 Å². The van der Waals surface area contributed by atoms with Crippen molar-refractivity contribution in [2.75, 3.05) is 13.6 Å². The van der Waals surface area contributed by atoms with E-state index >= 15 is 0 Å². The Morgan fingerprint density at radius 3 is 2.45 bits per heavy atom. The Labute approximate surface area is 117 Å². The summed E-state index contributed by atoms with van der Waals surface area (Å²) in [6.07, 6.45) is 1.17. The molecule has 2 N–H and O–H groups in total. The first-order chi connectivity index (χ1) is 9.52. The topological polar surface area (TPSA) is 67.8 Å². The van der Waals surface area contributed by atoms with Gasteiger partial charge >= 0.3 is 0 Å². The lowest BCUT2D eigenvalue weighted by Gasteiger charge is -2.14. The van der Waals surface area contributed by atoms with E-state index in [9.17, 15) is 9.90 Å². The van der Waals surface area contributed by atoms with Crippen LogP contribution in [0.5, 0.6) is 17.2 Å². The number of aromatic hydroxyl groups is 1. The van der Waals surface area contributed by atoms with Crippen molar-refractivity contribution in [2.45, 2.75) is 38.9 Å². The van der Waals surface area contributed by atoms with Crippen molar-refractivity contribution in [3.05, 3.63) is 16.7 Å². The molecule has 0 aromatic heterocycles. The number of phenolic OH excluding ortho intramolecular Hbond substituents is 1. The molecule has 1 aromatic rings. The Morgan fingerprint density at radius 2 is 1.80 bits per heavy atom. The highest BCUT2D eigenvalue weighted by molar-refractivity contribution is 6.03. The third-order valence-electron chi connectivity index (χ3n) is 3.82. The van der Waals surface area contributed by atoms with Gasteiger partial charge in [-0.2, -0.15) is 0 Å². The molecule has 0 radical (unpaired) electrons. The fourth-order valence-electron chi connectivity index (χ4n) is 3.03. The number of nitrogens with one attached hydrogen (secondary N) is 1. The highest BCUT2D eigenvalue weighted by atomic mass is 16.5. The smallest absolute Gasteiger partial charge is 0.180 e. The molecule has 2 aliphatic heterocycles. The monoisotopic (exact) mass is 277 g/mol. The lowest BCUT2D eigenvalue weighted by molar-refractivity contribution is 0.0988. The van der Waals surface area contributed by atoms with E-state index in [1.165, 1.54) is 0 Å². The first-order valence-electron chi connectivity index (χ1n) is 6.94. The maximum atomic E-state index is 12.4. The molecule has 5 nitrogen and oxygen atoms in total. The molecule has 0 saturated carbocycles. The van der Waals surface area contributed by atoms with Gasteiger partial charge in [0.2, 0.25) is 0 Å². The lowest BCUT2D eigenvalue weighted by atomic mass is 9.94. The summed E-state index contributed by atoms with van der Waals surface area (Å²) in [5.74, 6) is 1.14. The van der Waals surface area contributed by atoms with E-state index in [2.05, 4.69) is 5.32 Å². The Morgan fingerprint density at radius 1 is 1.20 bits per heavy atom. The van der Waals surface area contributed by atoms with Gasteiger partial charge in [0.15, 0.2) is 17.3 Å². The highest BCUT2D eigenvalue weighted by Crippen LogP contribution is 2.50. The summed E-state index contributed by atoms with van der Waals surface area (Å²) in [7, 11) is 1.74. The number of rotatable bonds is 3. The second-order valence-corrected chi connectivity index (χ2v) is 5.56. The Hall–Kier alpha value is -1.75. The number of ketones is 1. The summed E-state index contributed by atoms with van der Waals surface area (Å²) in [6.45, 7) is 4.11. The summed E-state index contributed by atoms with van der Waals surface area (Å²) in [4.78, 5) is 12.4. The number of carbonyl (C=O) groups excluding carboxylic acids is 1. The number of phenols is 1. The van der Waals surface area contributed by atoms with Gasteiger partial charge in [0.25, 0.3) is 0 Å². The van der Waals surface area contributed by atoms with E-state index in [1.807, 2.05) is 13.8 Å². The summed E-state index contributed by atoms with van der Waals surface area (Å²) < 4.78 is 11.5. The fourth-order valence-corrected chi connectivity index (χ4v) is 3.03. The lowest BCUT2D eigenvalue weighted by Crippen LogP contribution is -2.20. The molecule has 5 heteroatoms. The number of hydrogen-bond acceptors (Lipinski definition) is 5. The molecule has 1 aromatic carbocycles. The van der Waals surface area contributed by atoms with Gasteiger partial charge in [-0.05, 0) is 20.9 Å². The van der Waals surface area contributed by atoms with E-state index in [0.29, 0.717) is 35.5 Å². The van der Waals surface area contributed by atoms with E-state index in [1.54, 1.807) is 7.05 Å². The molecular weight excluding hydrogens is 258 g/mol. The normalized spacial score (nSPS) is 22.9. The zero-order valence-corrected chi connectivity index (χ0v) is 11.9. The second kappa shape index (κ2) is 4.66. The summed E-state index contributed by atoms with van der Waals surface area (Å²) >= 11 is 0. The van der Waals surface area contributed by atoms with Gasteiger partial charge in [0.1, 0.15) is 18.0 Å². The number of carbonyl (C=O) groups is 1. The Bertz CT molecular complexity index is 543. The van der Waals surface area contributed by atoms with Crippen molar-refractivity contribution < 1.29 is 19.4 Å². The van der Waals surface area contributed by atoms with Crippen LogP contribution >= 0.6 is 0 Å². The maximum absolute atomic E-state index is 12.4. The minimum absolute atomic E-state index is 0.0215. The predicted molar refractivity (Wildman–Crippen MR) is 74.0 cm³/mol. The first-order valence-corrected chi connectivity index (χ1v) is 6.94. The molecule has 0 fully saturated rings. The van der Waals surface area contributed by atoms with Crippen molar-refractivity contribution in [3.8, 4) is 17.2 Å². The van der Waals surface area contributed by atoms with Gasteiger partial charge in [-0.1, -0.05) is 0 Å². The molecule has 0 spiro atoms. The molecule has 2 unspecified atom stereocenters. The fraction of sp³-hybridized carbons (Fsp3) is 0.533. The van der Waals surface area contributed by atoms with Crippen LogP contribution in [0, 0.1) is 0 Å². The Balaban J connectivity index is 2.20. The molecule has 2 aliphatic rings. The molecule has 2 atom stereocenters. The zero-order valence-electron chi connectivity index (χ0n) is 11.9. The highest BCUT2D eigenvalue weighted by Gasteiger charge is 2.37. The Kier molecular flexibility index (Phi) is 3.09. The van der Waals surface area contributed by atoms with Crippen molar-refractivity contribution in [1.29, 1.82) is 0 Å². The minimum Gasteiger partial charge on any atom is -0.504 e. The van der Waals surface area contributed by atoms with E-state index in [0.717, 1.165) is 5.56 Å². The summed E-state index contributed by atoms with van der Waals surface area (Å²) in [5.41, 5.74) is 2.06. The molecule has 3 rings (SSSR count). The molecular formula is C15H19NO4. The third-order valence-corrected chi connectivity index (χ3v) is 3.82. The van der Waals surface area contributed by atoms with Gasteiger partial charge in [-0.15, -0.1) is 0 Å². The molecule has 0 saturated heterocycles. The van der Waals surface area contributed by atoms with Gasteiger partial charge in [0.05, 0.1) is 12.1 Å². The zero-order chi connectivity index (χ0) is 14.4. The number of likely N-dealkylation sites (N-methyl/N-ethyl adjacent to an activating group) is 1. The van der Waals surface area contributed by atoms with Crippen molar-refractivity contribution in [3.63, 3.8) is 0 Å². The number of ether oxygens (including phenoxy) is 2. The average molecular weight is 277 g/mol. The SMILES string of the molecule is CNCC(=O)c1c2c(c(O)c3c1OC(C)C3)OC(C)C2. The summed E-state index contributed by atoms with van der Waals surface area (Å²) in [5, 5.41) is 13.2. The summed E-state index contributed by atoms with van der Waals surface area (Å²) in [6, 6.07) is 0. The first kappa shape index (κ1) is 13.2. The van der Waals surface area contributed by atoms with Crippen molar-refractivity contribution in [2.24, 2.45) is 0 Å². The maximum Gasteiger partial charge on any atom is 0.180 e. The second-order valence-electron chi connectivity index (χ2n) is 5.56. The number of fused-ring (bicyclic) bond motifs is 2. The number of hydrogen-bond donors (Lipinski definition) is 2. The molecule has 0 amide bonds.